The molecule has 114 valence electrons. The predicted molar refractivity (Wildman–Crippen MR) is 83.8 cm³/mol. The molecular weight excluding hydrogens is 260 g/mol. The maximum atomic E-state index is 12.7. The zero-order valence-electron chi connectivity index (χ0n) is 13.7. The minimum absolute atomic E-state index is 0.135. The summed E-state index contributed by atoms with van der Waals surface area (Å²) in [5.74, 6) is 0.585. The van der Waals surface area contributed by atoms with Crippen molar-refractivity contribution in [2.75, 3.05) is 0 Å². The SMILES string of the molecule is CC(C)C1=CC2=C(C(=O)C1=O)C1CCCC(C)(C)C1CC2. The van der Waals surface area contributed by atoms with Crippen molar-refractivity contribution in [3.05, 3.63) is 22.8 Å². The van der Waals surface area contributed by atoms with Crippen LogP contribution in [0.2, 0.25) is 0 Å². The van der Waals surface area contributed by atoms with E-state index in [9.17, 15) is 9.59 Å². The fourth-order valence-corrected chi connectivity index (χ4v) is 4.73. The number of Topliss-reactive ketones (excluding diaryl/α,β-unsaturated/α-hetero) is 2. The van der Waals surface area contributed by atoms with E-state index in [1.54, 1.807) is 0 Å². The molecule has 2 unspecified atom stereocenters. The lowest BCUT2D eigenvalue weighted by Crippen LogP contribution is -2.42. The van der Waals surface area contributed by atoms with Crippen molar-refractivity contribution in [3.63, 3.8) is 0 Å². The summed E-state index contributed by atoms with van der Waals surface area (Å²) in [6, 6.07) is 0. The van der Waals surface area contributed by atoms with E-state index in [0.29, 0.717) is 22.8 Å². The van der Waals surface area contributed by atoms with Crippen LogP contribution in [0.15, 0.2) is 22.8 Å². The molecule has 3 aliphatic carbocycles. The third kappa shape index (κ3) is 2.23. The van der Waals surface area contributed by atoms with Gasteiger partial charge >= 0.3 is 0 Å². The highest BCUT2D eigenvalue weighted by Gasteiger charge is 2.46. The van der Waals surface area contributed by atoms with Gasteiger partial charge in [-0.05, 0) is 54.4 Å². The summed E-state index contributed by atoms with van der Waals surface area (Å²) in [5.41, 5.74) is 3.07. The molecule has 21 heavy (non-hydrogen) atoms. The van der Waals surface area contributed by atoms with Crippen LogP contribution in [-0.2, 0) is 9.59 Å². The number of hydrogen-bond donors (Lipinski definition) is 0. The Bertz CT molecular complexity index is 560. The Kier molecular flexibility index (Phi) is 3.46. The van der Waals surface area contributed by atoms with Gasteiger partial charge in [-0.2, -0.15) is 0 Å². The molecule has 0 aromatic heterocycles. The minimum Gasteiger partial charge on any atom is -0.285 e. The van der Waals surface area contributed by atoms with E-state index in [2.05, 4.69) is 13.8 Å². The third-order valence-corrected chi connectivity index (χ3v) is 5.93. The standard InChI is InChI=1S/C19H26O2/c1-11(2)14-10-12-7-8-15-13(6-5-9-19(15,3)4)16(12)18(21)17(14)20/h10-11,13,15H,5-9H2,1-4H3. The number of carbonyl (C=O) groups is 2. The van der Waals surface area contributed by atoms with Gasteiger partial charge in [-0.25, -0.2) is 0 Å². The zero-order chi connectivity index (χ0) is 15.4. The maximum absolute atomic E-state index is 12.7. The van der Waals surface area contributed by atoms with Gasteiger partial charge in [0.25, 0.3) is 0 Å². The second-order valence-electron chi connectivity index (χ2n) is 7.98. The molecule has 0 spiro atoms. The molecule has 0 saturated heterocycles. The number of fused-ring (bicyclic) bond motifs is 2. The van der Waals surface area contributed by atoms with Gasteiger partial charge in [0.1, 0.15) is 0 Å². The van der Waals surface area contributed by atoms with Crippen LogP contribution in [0.1, 0.15) is 59.8 Å². The summed E-state index contributed by atoms with van der Waals surface area (Å²) >= 11 is 0. The highest BCUT2D eigenvalue weighted by Crippen LogP contribution is 2.53. The molecule has 0 bridgehead atoms. The largest absolute Gasteiger partial charge is 0.285 e. The van der Waals surface area contributed by atoms with Crippen LogP contribution in [0, 0.1) is 23.2 Å². The van der Waals surface area contributed by atoms with E-state index in [1.807, 2.05) is 19.9 Å². The number of carbonyl (C=O) groups excluding carboxylic acids is 2. The average molecular weight is 286 g/mol. The summed E-state index contributed by atoms with van der Waals surface area (Å²) in [5, 5.41) is 0. The number of hydrogen-bond acceptors (Lipinski definition) is 2. The molecule has 2 atom stereocenters. The molecule has 0 amide bonds. The number of allylic oxidation sites excluding steroid dienone is 4. The summed E-state index contributed by atoms with van der Waals surface area (Å²) in [6.07, 6.45) is 7.67. The van der Waals surface area contributed by atoms with E-state index in [1.165, 1.54) is 24.8 Å². The smallest absolute Gasteiger partial charge is 0.229 e. The maximum Gasteiger partial charge on any atom is 0.229 e. The average Bonchev–Trinajstić information content (AvgIpc) is 2.41. The molecule has 2 heteroatoms. The summed E-state index contributed by atoms with van der Waals surface area (Å²) < 4.78 is 0. The Morgan fingerprint density at radius 1 is 1.14 bits per heavy atom. The molecule has 0 aromatic rings. The Labute approximate surface area is 127 Å². The quantitative estimate of drug-likeness (QED) is 0.533. The first-order valence-electron chi connectivity index (χ1n) is 8.36. The Hall–Kier alpha value is -1.18. The van der Waals surface area contributed by atoms with Crippen LogP contribution in [0.25, 0.3) is 0 Å². The lowest BCUT2D eigenvalue weighted by Gasteiger charge is -2.48. The molecular formula is C19H26O2. The predicted octanol–water partition coefficient (Wildman–Crippen LogP) is 4.25. The number of rotatable bonds is 1. The van der Waals surface area contributed by atoms with Crippen LogP contribution in [0.4, 0.5) is 0 Å². The van der Waals surface area contributed by atoms with Crippen LogP contribution in [0.3, 0.4) is 0 Å². The van der Waals surface area contributed by atoms with Crippen molar-refractivity contribution in [1.29, 1.82) is 0 Å². The highest BCUT2D eigenvalue weighted by atomic mass is 16.2. The van der Waals surface area contributed by atoms with E-state index in [4.69, 9.17) is 0 Å². The lowest BCUT2D eigenvalue weighted by molar-refractivity contribution is -0.133. The van der Waals surface area contributed by atoms with Crippen molar-refractivity contribution < 1.29 is 9.59 Å². The zero-order valence-corrected chi connectivity index (χ0v) is 13.7. The third-order valence-electron chi connectivity index (χ3n) is 5.93. The Morgan fingerprint density at radius 3 is 2.52 bits per heavy atom. The van der Waals surface area contributed by atoms with Crippen molar-refractivity contribution in [2.45, 2.75) is 59.8 Å². The van der Waals surface area contributed by atoms with E-state index in [-0.39, 0.29) is 17.5 Å². The second kappa shape index (κ2) is 4.93. The molecule has 0 radical (unpaired) electrons. The monoisotopic (exact) mass is 286 g/mol. The molecule has 0 aliphatic heterocycles. The first-order chi connectivity index (χ1) is 9.83. The first kappa shape index (κ1) is 14.7. The Morgan fingerprint density at radius 2 is 1.86 bits per heavy atom. The number of ketones is 2. The molecule has 0 heterocycles. The van der Waals surface area contributed by atoms with Gasteiger partial charge in [0, 0.05) is 11.1 Å². The summed E-state index contributed by atoms with van der Waals surface area (Å²) in [6.45, 7) is 8.66. The van der Waals surface area contributed by atoms with Gasteiger partial charge in [0.2, 0.25) is 11.6 Å². The summed E-state index contributed by atoms with van der Waals surface area (Å²) in [7, 11) is 0. The van der Waals surface area contributed by atoms with Crippen molar-refractivity contribution in [3.8, 4) is 0 Å². The van der Waals surface area contributed by atoms with Gasteiger partial charge in [0.15, 0.2) is 0 Å². The van der Waals surface area contributed by atoms with Gasteiger partial charge in [-0.15, -0.1) is 0 Å². The summed E-state index contributed by atoms with van der Waals surface area (Å²) in [4.78, 5) is 25.1. The molecule has 0 N–H and O–H groups in total. The van der Waals surface area contributed by atoms with Gasteiger partial charge < -0.3 is 0 Å². The topological polar surface area (TPSA) is 34.1 Å². The van der Waals surface area contributed by atoms with Crippen LogP contribution in [-0.4, -0.2) is 11.6 Å². The molecule has 2 nitrogen and oxygen atoms in total. The fourth-order valence-electron chi connectivity index (χ4n) is 4.73. The molecule has 3 rings (SSSR count). The molecule has 1 fully saturated rings. The Balaban J connectivity index is 2.05. The second-order valence-corrected chi connectivity index (χ2v) is 7.98. The lowest BCUT2D eigenvalue weighted by atomic mass is 9.56. The van der Waals surface area contributed by atoms with Gasteiger partial charge in [0.05, 0.1) is 0 Å². The highest BCUT2D eigenvalue weighted by molar-refractivity contribution is 6.50. The van der Waals surface area contributed by atoms with Crippen molar-refractivity contribution in [1.82, 2.24) is 0 Å². The molecule has 1 saturated carbocycles. The van der Waals surface area contributed by atoms with E-state index >= 15 is 0 Å². The van der Waals surface area contributed by atoms with E-state index in [0.717, 1.165) is 18.4 Å². The van der Waals surface area contributed by atoms with Gasteiger partial charge in [-0.3, -0.25) is 9.59 Å². The van der Waals surface area contributed by atoms with Gasteiger partial charge in [-0.1, -0.05) is 40.2 Å². The fraction of sp³-hybridized carbons (Fsp3) is 0.684. The normalized spacial score (nSPS) is 32.0. The van der Waals surface area contributed by atoms with Crippen LogP contribution in [0.5, 0.6) is 0 Å². The van der Waals surface area contributed by atoms with E-state index < -0.39 is 0 Å². The van der Waals surface area contributed by atoms with Crippen molar-refractivity contribution in [2.24, 2.45) is 23.2 Å². The van der Waals surface area contributed by atoms with Crippen LogP contribution >= 0.6 is 0 Å². The molecule has 3 aliphatic rings. The first-order valence-corrected chi connectivity index (χ1v) is 8.36. The van der Waals surface area contributed by atoms with Crippen LogP contribution < -0.4 is 0 Å². The minimum atomic E-state index is -0.243. The van der Waals surface area contributed by atoms with Crippen molar-refractivity contribution >= 4 is 11.6 Å². The molecule has 0 aromatic carbocycles.